The van der Waals surface area contributed by atoms with Gasteiger partial charge in [0.1, 0.15) is 16.8 Å². The van der Waals surface area contributed by atoms with Gasteiger partial charge in [-0.3, -0.25) is 0 Å². The highest BCUT2D eigenvalue weighted by atomic mass is 35.5. The van der Waals surface area contributed by atoms with E-state index in [2.05, 4.69) is 4.40 Å². The lowest BCUT2D eigenvalue weighted by Gasteiger charge is -2.17. The highest BCUT2D eigenvalue weighted by Crippen LogP contribution is 2.44. The molecular formula is C14H16ClF2NOS. The standard InChI is InChI=1S/C14H16ClF2NOS/c1-13(2,3)20(19)18-12(14(17)7-8-14)9-5-4-6-10(16)11(9)15/h4-6H,7-8H2,1-3H3/b18-12-. The molecular weight excluding hydrogens is 304 g/mol. The lowest BCUT2D eigenvalue weighted by Crippen LogP contribution is -2.25. The van der Waals surface area contributed by atoms with E-state index >= 15 is 0 Å². The summed E-state index contributed by atoms with van der Waals surface area (Å²) in [6.07, 6.45) is 0.583. The van der Waals surface area contributed by atoms with Crippen molar-refractivity contribution >= 4 is 28.3 Å². The third kappa shape index (κ3) is 3.09. The zero-order chi connectivity index (χ0) is 15.1. The second-order valence-electron chi connectivity index (χ2n) is 5.87. The van der Waals surface area contributed by atoms with Gasteiger partial charge in [-0.1, -0.05) is 23.7 Å². The predicted octanol–water partition coefficient (Wildman–Crippen LogP) is 4.23. The Morgan fingerprint density at radius 1 is 1.40 bits per heavy atom. The molecule has 2 nitrogen and oxygen atoms in total. The first-order chi connectivity index (χ1) is 9.15. The Kier molecular flexibility index (Phi) is 4.04. The van der Waals surface area contributed by atoms with Crippen LogP contribution < -0.4 is 0 Å². The minimum atomic E-state index is -1.64. The molecule has 1 fully saturated rings. The molecule has 1 aromatic rings. The number of alkyl halides is 1. The summed E-state index contributed by atoms with van der Waals surface area (Å²) < 4.78 is 43.5. The van der Waals surface area contributed by atoms with Crippen LogP contribution in [0.3, 0.4) is 0 Å². The Morgan fingerprint density at radius 2 is 2.00 bits per heavy atom. The number of benzene rings is 1. The topological polar surface area (TPSA) is 29.4 Å². The molecule has 0 N–H and O–H groups in total. The summed E-state index contributed by atoms with van der Waals surface area (Å²) in [7, 11) is -1.62. The molecule has 0 aromatic heterocycles. The van der Waals surface area contributed by atoms with Gasteiger partial charge >= 0.3 is 0 Å². The molecule has 1 aliphatic rings. The molecule has 1 aliphatic carbocycles. The fraction of sp³-hybridized carbons (Fsp3) is 0.500. The van der Waals surface area contributed by atoms with Crippen molar-refractivity contribution in [2.45, 2.75) is 44.0 Å². The highest BCUT2D eigenvalue weighted by Gasteiger charge is 2.50. The molecule has 0 saturated heterocycles. The summed E-state index contributed by atoms with van der Waals surface area (Å²) in [6, 6.07) is 4.14. The third-order valence-corrected chi connectivity index (χ3v) is 4.80. The molecule has 0 aliphatic heterocycles. The van der Waals surface area contributed by atoms with E-state index in [0.29, 0.717) is 12.8 Å². The summed E-state index contributed by atoms with van der Waals surface area (Å²) in [4.78, 5) is 0. The first-order valence-corrected chi connectivity index (χ1v) is 7.78. The fourth-order valence-corrected chi connectivity index (χ4v) is 2.54. The zero-order valence-corrected chi connectivity index (χ0v) is 13.1. The number of nitrogens with zero attached hydrogens (tertiary/aromatic N) is 1. The van der Waals surface area contributed by atoms with E-state index in [0.717, 1.165) is 0 Å². The Morgan fingerprint density at radius 3 is 2.50 bits per heavy atom. The van der Waals surface area contributed by atoms with Gasteiger partial charge in [0.25, 0.3) is 0 Å². The van der Waals surface area contributed by atoms with Crippen LogP contribution in [0.2, 0.25) is 5.02 Å². The Bertz CT molecular complexity index is 591. The van der Waals surface area contributed by atoms with Gasteiger partial charge in [0.05, 0.1) is 15.5 Å². The van der Waals surface area contributed by atoms with Crippen molar-refractivity contribution < 1.29 is 13.0 Å². The second-order valence-corrected chi connectivity index (χ2v) is 8.15. The molecule has 2 rings (SSSR count). The maximum atomic E-state index is 14.5. The molecule has 0 radical (unpaired) electrons. The average molecular weight is 320 g/mol. The van der Waals surface area contributed by atoms with Gasteiger partial charge in [-0.2, -0.15) is 4.40 Å². The first kappa shape index (κ1) is 15.6. The van der Waals surface area contributed by atoms with Crippen LogP contribution in [0.5, 0.6) is 0 Å². The van der Waals surface area contributed by atoms with Crippen molar-refractivity contribution in [3.05, 3.63) is 34.6 Å². The van der Waals surface area contributed by atoms with E-state index in [1.807, 2.05) is 0 Å². The molecule has 1 aromatic carbocycles. The van der Waals surface area contributed by atoms with Crippen LogP contribution in [-0.4, -0.2) is 20.3 Å². The molecule has 0 spiro atoms. The van der Waals surface area contributed by atoms with Crippen molar-refractivity contribution in [3.8, 4) is 0 Å². The minimum Gasteiger partial charge on any atom is -0.237 e. The van der Waals surface area contributed by atoms with Gasteiger partial charge in [0, 0.05) is 5.56 Å². The smallest absolute Gasteiger partial charge is 0.154 e. The summed E-state index contributed by atoms with van der Waals surface area (Å²) in [5, 5.41) is -0.180. The number of halogens is 3. The van der Waals surface area contributed by atoms with Crippen LogP contribution in [0, 0.1) is 5.82 Å². The summed E-state index contributed by atoms with van der Waals surface area (Å²) in [6.45, 7) is 5.24. The minimum absolute atomic E-state index is 0.00439. The molecule has 6 heteroatoms. The number of rotatable bonds is 3. The van der Waals surface area contributed by atoms with Crippen LogP contribution in [0.1, 0.15) is 39.2 Å². The molecule has 0 bridgehead atoms. The van der Waals surface area contributed by atoms with Crippen LogP contribution in [0.15, 0.2) is 22.6 Å². The van der Waals surface area contributed by atoms with Crippen molar-refractivity contribution in [3.63, 3.8) is 0 Å². The Balaban J connectivity index is 2.53. The largest absolute Gasteiger partial charge is 0.237 e. The summed E-state index contributed by atoms with van der Waals surface area (Å²) >= 11 is 5.90. The molecule has 1 unspecified atom stereocenters. The van der Waals surface area contributed by atoms with Crippen molar-refractivity contribution in [2.75, 3.05) is 0 Å². The van der Waals surface area contributed by atoms with E-state index in [-0.39, 0.29) is 16.3 Å². The van der Waals surface area contributed by atoms with E-state index < -0.39 is 27.2 Å². The zero-order valence-electron chi connectivity index (χ0n) is 11.5. The predicted molar refractivity (Wildman–Crippen MR) is 78.9 cm³/mol. The molecule has 0 amide bonds. The number of hydrogen-bond donors (Lipinski definition) is 0. The van der Waals surface area contributed by atoms with Gasteiger partial charge in [0.2, 0.25) is 0 Å². The van der Waals surface area contributed by atoms with Gasteiger partial charge in [-0.25, -0.2) is 13.0 Å². The van der Waals surface area contributed by atoms with Gasteiger partial charge in [-0.05, 0) is 39.7 Å². The normalized spacial score (nSPS) is 19.8. The molecule has 20 heavy (non-hydrogen) atoms. The first-order valence-electron chi connectivity index (χ1n) is 6.30. The number of hydrogen-bond acceptors (Lipinski definition) is 1. The van der Waals surface area contributed by atoms with Gasteiger partial charge < -0.3 is 0 Å². The third-order valence-electron chi connectivity index (χ3n) is 3.02. The van der Waals surface area contributed by atoms with Crippen molar-refractivity contribution in [1.29, 1.82) is 0 Å². The van der Waals surface area contributed by atoms with E-state index in [4.69, 9.17) is 11.6 Å². The van der Waals surface area contributed by atoms with Crippen LogP contribution >= 0.6 is 11.6 Å². The van der Waals surface area contributed by atoms with E-state index in [1.54, 1.807) is 20.8 Å². The molecule has 1 atom stereocenters. The summed E-state index contributed by atoms with van der Waals surface area (Å²) in [5.74, 6) is -0.636. The summed E-state index contributed by atoms with van der Waals surface area (Å²) in [5.41, 5.74) is -1.46. The lowest BCUT2D eigenvalue weighted by atomic mass is 10.0. The van der Waals surface area contributed by atoms with Crippen LogP contribution in [-0.2, 0) is 11.0 Å². The van der Waals surface area contributed by atoms with Gasteiger partial charge in [0.15, 0.2) is 5.67 Å². The second kappa shape index (κ2) is 5.19. The lowest BCUT2D eigenvalue weighted by molar-refractivity contribution is 0.407. The van der Waals surface area contributed by atoms with E-state index in [9.17, 15) is 13.0 Å². The van der Waals surface area contributed by atoms with Crippen molar-refractivity contribution in [1.82, 2.24) is 0 Å². The average Bonchev–Trinajstić information content (AvgIpc) is 3.08. The van der Waals surface area contributed by atoms with E-state index in [1.165, 1.54) is 18.2 Å². The monoisotopic (exact) mass is 319 g/mol. The molecule has 110 valence electrons. The van der Waals surface area contributed by atoms with Gasteiger partial charge in [-0.15, -0.1) is 0 Å². The Hall–Kier alpha value is -0.810. The fourth-order valence-electron chi connectivity index (χ4n) is 1.63. The van der Waals surface area contributed by atoms with Crippen LogP contribution in [0.25, 0.3) is 0 Å². The maximum absolute atomic E-state index is 14.5. The quantitative estimate of drug-likeness (QED) is 0.766. The maximum Gasteiger partial charge on any atom is 0.154 e. The molecule has 0 heterocycles. The Labute approximate surface area is 124 Å². The van der Waals surface area contributed by atoms with Crippen LogP contribution in [0.4, 0.5) is 8.78 Å². The highest BCUT2D eigenvalue weighted by molar-refractivity contribution is 7.85. The SMILES string of the molecule is CC(C)(C)S(=O)/N=C(/c1cccc(F)c1Cl)C1(F)CC1. The molecule has 1 saturated carbocycles. The van der Waals surface area contributed by atoms with Crippen molar-refractivity contribution in [2.24, 2.45) is 4.40 Å².